The first-order chi connectivity index (χ1) is 11.0. The zero-order valence-electron chi connectivity index (χ0n) is 13.5. The summed E-state index contributed by atoms with van der Waals surface area (Å²) in [6.07, 6.45) is 5.71. The number of hydrogen-bond acceptors (Lipinski definition) is 4. The third-order valence-corrected chi connectivity index (χ3v) is 5.82. The summed E-state index contributed by atoms with van der Waals surface area (Å²) in [5.74, 6) is 0.419. The Hall–Kier alpha value is -1.82. The van der Waals surface area contributed by atoms with Crippen LogP contribution in [-0.2, 0) is 10.0 Å². The minimum atomic E-state index is -3.62. The molecule has 2 aliphatic rings. The van der Waals surface area contributed by atoms with Crippen LogP contribution < -0.4 is 4.72 Å². The summed E-state index contributed by atoms with van der Waals surface area (Å²) in [5.41, 5.74) is 1.90. The molecule has 1 heterocycles. The van der Waals surface area contributed by atoms with Crippen molar-refractivity contribution in [2.45, 2.75) is 50.0 Å². The summed E-state index contributed by atoms with van der Waals surface area (Å²) in [6.45, 7) is 6.44. The van der Waals surface area contributed by atoms with Gasteiger partial charge in [-0.05, 0) is 31.9 Å². The van der Waals surface area contributed by atoms with Crippen molar-refractivity contribution in [1.29, 1.82) is 0 Å². The van der Waals surface area contributed by atoms with Gasteiger partial charge in [0.05, 0.1) is 11.4 Å². The lowest BCUT2D eigenvalue weighted by atomic mass is 9.94. The van der Waals surface area contributed by atoms with Gasteiger partial charge < -0.3 is 4.90 Å². The normalized spacial score (nSPS) is 19.8. The molecular formula is C17H23N3O2S. The van der Waals surface area contributed by atoms with Crippen molar-refractivity contribution >= 4 is 16.0 Å². The zero-order valence-corrected chi connectivity index (χ0v) is 14.3. The van der Waals surface area contributed by atoms with Gasteiger partial charge in [0.2, 0.25) is 5.96 Å². The molecule has 1 N–H and O–H groups in total. The predicted octanol–water partition coefficient (Wildman–Crippen LogP) is 2.79. The molecule has 1 fully saturated rings. The molecule has 6 heteroatoms. The van der Waals surface area contributed by atoms with Crippen LogP contribution in [0.2, 0.25) is 0 Å². The fourth-order valence-electron chi connectivity index (χ4n) is 3.22. The van der Waals surface area contributed by atoms with E-state index in [1.54, 1.807) is 24.3 Å². The maximum absolute atomic E-state index is 12.6. The van der Waals surface area contributed by atoms with E-state index in [-0.39, 0.29) is 4.90 Å². The number of nitrogens with one attached hydrogen (secondary N) is 1. The fourth-order valence-corrected chi connectivity index (χ4v) is 4.23. The van der Waals surface area contributed by atoms with Gasteiger partial charge in [-0.3, -0.25) is 0 Å². The quantitative estimate of drug-likeness (QED) is 0.925. The minimum absolute atomic E-state index is 0.256. The van der Waals surface area contributed by atoms with Crippen LogP contribution >= 0.6 is 0 Å². The molecule has 5 nitrogen and oxygen atoms in total. The summed E-state index contributed by atoms with van der Waals surface area (Å²) in [5, 5.41) is 0. The van der Waals surface area contributed by atoms with Crippen molar-refractivity contribution in [3.05, 3.63) is 42.1 Å². The van der Waals surface area contributed by atoms with Crippen molar-refractivity contribution in [2.24, 2.45) is 4.99 Å². The van der Waals surface area contributed by atoms with E-state index in [9.17, 15) is 8.42 Å². The van der Waals surface area contributed by atoms with Gasteiger partial charge in [0.15, 0.2) is 0 Å². The smallest absolute Gasteiger partial charge is 0.264 e. The van der Waals surface area contributed by atoms with Gasteiger partial charge in [-0.1, -0.05) is 43.5 Å². The first-order valence-corrected chi connectivity index (χ1v) is 9.56. The molecule has 3 rings (SSSR count). The molecule has 1 aliphatic heterocycles. The lowest BCUT2D eigenvalue weighted by Gasteiger charge is -2.33. The molecule has 0 aromatic heterocycles. The Bertz CT molecular complexity index is 717. The number of benzene rings is 1. The van der Waals surface area contributed by atoms with E-state index in [0.717, 1.165) is 24.1 Å². The van der Waals surface area contributed by atoms with Crippen molar-refractivity contribution in [1.82, 2.24) is 9.62 Å². The maximum atomic E-state index is 12.6. The highest BCUT2D eigenvalue weighted by Crippen LogP contribution is 2.28. The molecule has 0 spiro atoms. The second-order valence-electron chi connectivity index (χ2n) is 6.29. The maximum Gasteiger partial charge on any atom is 0.264 e. The molecule has 0 amide bonds. The molecule has 1 aliphatic carbocycles. The second kappa shape index (κ2) is 6.35. The van der Waals surface area contributed by atoms with Gasteiger partial charge in [-0.15, -0.1) is 0 Å². The van der Waals surface area contributed by atoms with E-state index in [1.807, 2.05) is 11.8 Å². The highest BCUT2D eigenvalue weighted by Gasteiger charge is 2.32. The Morgan fingerprint density at radius 2 is 1.83 bits per heavy atom. The molecule has 0 unspecified atom stereocenters. The van der Waals surface area contributed by atoms with Crippen LogP contribution in [0.3, 0.4) is 0 Å². The summed E-state index contributed by atoms with van der Waals surface area (Å²) in [6, 6.07) is 7.13. The van der Waals surface area contributed by atoms with E-state index < -0.39 is 10.0 Å². The highest BCUT2D eigenvalue weighted by molar-refractivity contribution is 7.90. The molecule has 23 heavy (non-hydrogen) atoms. The van der Waals surface area contributed by atoms with Crippen LogP contribution in [0.5, 0.6) is 0 Å². The van der Waals surface area contributed by atoms with E-state index in [1.165, 1.54) is 19.3 Å². The van der Waals surface area contributed by atoms with Gasteiger partial charge in [0.1, 0.15) is 0 Å². The molecule has 1 saturated carbocycles. The number of aliphatic imine (C=N–C) groups is 1. The zero-order chi connectivity index (χ0) is 16.4. The number of guanidine groups is 1. The molecule has 0 atom stereocenters. The predicted molar refractivity (Wildman–Crippen MR) is 91.7 cm³/mol. The van der Waals surface area contributed by atoms with Crippen LogP contribution in [0, 0.1) is 6.92 Å². The monoisotopic (exact) mass is 333 g/mol. The van der Waals surface area contributed by atoms with E-state index in [4.69, 9.17) is 0 Å². The van der Waals surface area contributed by atoms with Gasteiger partial charge in [0.25, 0.3) is 10.0 Å². The lowest BCUT2D eigenvalue weighted by Crippen LogP contribution is -2.46. The number of nitrogens with zero attached hydrogens (tertiary/aromatic N) is 2. The Morgan fingerprint density at radius 3 is 2.48 bits per heavy atom. The highest BCUT2D eigenvalue weighted by atomic mass is 32.2. The van der Waals surface area contributed by atoms with Gasteiger partial charge in [-0.25, -0.2) is 18.1 Å². The Kier molecular flexibility index (Phi) is 4.43. The number of rotatable bonds is 3. The third kappa shape index (κ3) is 3.42. The summed E-state index contributed by atoms with van der Waals surface area (Å²) >= 11 is 0. The van der Waals surface area contributed by atoms with Crippen LogP contribution in [0.25, 0.3) is 0 Å². The van der Waals surface area contributed by atoms with Gasteiger partial charge in [0, 0.05) is 11.7 Å². The molecule has 1 aromatic rings. The fraction of sp³-hybridized carbons (Fsp3) is 0.471. The topological polar surface area (TPSA) is 61.8 Å². The first kappa shape index (κ1) is 16.1. The van der Waals surface area contributed by atoms with E-state index in [2.05, 4.69) is 16.3 Å². The van der Waals surface area contributed by atoms with E-state index in [0.29, 0.717) is 18.5 Å². The number of aryl methyl sites for hydroxylation is 1. The van der Waals surface area contributed by atoms with Crippen molar-refractivity contribution in [2.75, 3.05) is 6.54 Å². The van der Waals surface area contributed by atoms with Crippen LogP contribution in [0.4, 0.5) is 0 Å². The summed E-state index contributed by atoms with van der Waals surface area (Å²) in [7, 11) is -3.62. The summed E-state index contributed by atoms with van der Waals surface area (Å²) in [4.78, 5) is 6.60. The average Bonchev–Trinajstić information content (AvgIpc) is 2.88. The standard InChI is InChI=1S/C17H23N3O2S/c1-13-8-10-16(11-9-13)23(21,22)19-17-18-12-14(2)20(17)15-6-4-3-5-7-15/h8-11,15H,2-7,12H2,1H3,(H,18,19). The SMILES string of the molecule is C=C1CN=C(NS(=O)(=O)c2ccc(C)cc2)N1C1CCCCC1. The third-order valence-electron chi connectivity index (χ3n) is 4.48. The molecular weight excluding hydrogens is 310 g/mol. The van der Waals surface area contributed by atoms with Crippen LogP contribution in [-0.4, -0.2) is 31.9 Å². The Balaban J connectivity index is 1.80. The van der Waals surface area contributed by atoms with Gasteiger partial charge >= 0.3 is 0 Å². The Labute approximate surface area is 138 Å². The van der Waals surface area contributed by atoms with E-state index >= 15 is 0 Å². The van der Waals surface area contributed by atoms with Gasteiger partial charge in [-0.2, -0.15) is 0 Å². The lowest BCUT2D eigenvalue weighted by molar-refractivity contribution is 0.288. The molecule has 0 bridgehead atoms. The van der Waals surface area contributed by atoms with Crippen LogP contribution in [0.1, 0.15) is 37.7 Å². The number of hydrogen-bond donors (Lipinski definition) is 1. The Morgan fingerprint density at radius 1 is 1.17 bits per heavy atom. The van der Waals surface area contributed by atoms with Crippen molar-refractivity contribution < 1.29 is 8.42 Å². The van der Waals surface area contributed by atoms with Crippen LogP contribution in [0.15, 0.2) is 46.4 Å². The first-order valence-electron chi connectivity index (χ1n) is 8.08. The molecule has 1 aromatic carbocycles. The average molecular weight is 333 g/mol. The molecule has 0 radical (unpaired) electrons. The summed E-state index contributed by atoms with van der Waals surface area (Å²) < 4.78 is 27.8. The van der Waals surface area contributed by atoms with Crippen molar-refractivity contribution in [3.63, 3.8) is 0 Å². The second-order valence-corrected chi connectivity index (χ2v) is 7.97. The van der Waals surface area contributed by atoms with Crippen molar-refractivity contribution in [3.8, 4) is 0 Å². The molecule has 0 saturated heterocycles. The largest absolute Gasteiger partial charge is 0.311 e. The molecule has 124 valence electrons. The number of sulfonamides is 1. The minimum Gasteiger partial charge on any atom is -0.311 e.